The maximum atomic E-state index is 9.50. The van der Waals surface area contributed by atoms with E-state index in [2.05, 4.69) is 46.5 Å². The molecule has 2 rings (SSSR count). The summed E-state index contributed by atoms with van der Waals surface area (Å²) in [6.45, 7) is 5.58. The Morgan fingerprint density at radius 2 is 2.06 bits per heavy atom. The second-order valence-corrected chi connectivity index (χ2v) is 7.73. The first-order chi connectivity index (χ1) is 8.47. The molecule has 0 amide bonds. The summed E-state index contributed by atoms with van der Waals surface area (Å²) in [5.74, 6) is 0. The van der Waals surface area contributed by atoms with Gasteiger partial charge >= 0.3 is 0 Å². The van der Waals surface area contributed by atoms with Gasteiger partial charge in [0.15, 0.2) is 0 Å². The Morgan fingerprint density at radius 1 is 1.39 bits per heavy atom. The predicted octanol–water partition coefficient (Wildman–Crippen LogP) is 3.68. The average molecular weight is 332 g/mol. The van der Waals surface area contributed by atoms with Crippen LogP contribution in [0.15, 0.2) is 15.9 Å². The SMILES string of the molecule is CC(C)(CNC1CCC(O)CC1)c1cc(Br)cs1. The van der Waals surface area contributed by atoms with Crippen molar-refractivity contribution in [3.63, 3.8) is 0 Å². The van der Waals surface area contributed by atoms with Crippen molar-refractivity contribution in [1.82, 2.24) is 5.32 Å². The van der Waals surface area contributed by atoms with Gasteiger partial charge in [-0.3, -0.25) is 0 Å². The third-order valence-corrected chi connectivity index (χ3v) is 5.82. The van der Waals surface area contributed by atoms with Crippen LogP contribution in [0, 0.1) is 0 Å². The average Bonchev–Trinajstić information content (AvgIpc) is 2.76. The van der Waals surface area contributed by atoms with Crippen molar-refractivity contribution in [1.29, 1.82) is 0 Å². The summed E-state index contributed by atoms with van der Waals surface area (Å²) in [5, 5.41) is 15.3. The highest BCUT2D eigenvalue weighted by atomic mass is 79.9. The topological polar surface area (TPSA) is 32.3 Å². The molecule has 0 unspecified atom stereocenters. The Labute approximate surface area is 122 Å². The van der Waals surface area contributed by atoms with Gasteiger partial charge in [0.2, 0.25) is 0 Å². The molecule has 1 saturated carbocycles. The zero-order valence-electron chi connectivity index (χ0n) is 11.1. The molecular formula is C14H22BrNOS. The summed E-state index contributed by atoms with van der Waals surface area (Å²) in [7, 11) is 0. The third-order valence-electron chi connectivity index (χ3n) is 3.76. The zero-order chi connectivity index (χ0) is 13.2. The van der Waals surface area contributed by atoms with Crippen LogP contribution in [0.1, 0.15) is 44.4 Å². The van der Waals surface area contributed by atoms with Crippen LogP contribution >= 0.6 is 27.3 Å². The van der Waals surface area contributed by atoms with E-state index in [4.69, 9.17) is 0 Å². The van der Waals surface area contributed by atoms with E-state index in [-0.39, 0.29) is 11.5 Å². The maximum Gasteiger partial charge on any atom is 0.0541 e. The molecule has 0 aromatic carbocycles. The molecule has 2 nitrogen and oxygen atoms in total. The van der Waals surface area contributed by atoms with Gasteiger partial charge in [-0.1, -0.05) is 13.8 Å². The van der Waals surface area contributed by atoms with E-state index in [0.717, 1.165) is 32.2 Å². The number of aliphatic hydroxyl groups is 1. The summed E-state index contributed by atoms with van der Waals surface area (Å²) in [6, 6.07) is 2.80. The normalized spacial score (nSPS) is 25.3. The number of thiophene rings is 1. The van der Waals surface area contributed by atoms with Crippen molar-refractivity contribution < 1.29 is 5.11 Å². The highest BCUT2D eigenvalue weighted by molar-refractivity contribution is 9.10. The number of halogens is 1. The molecular weight excluding hydrogens is 310 g/mol. The standard InChI is InChI=1S/C14H22BrNOS/c1-14(2,13-7-10(15)8-18-13)9-16-11-3-5-12(17)6-4-11/h7-8,11-12,16-17H,3-6,9H2,1-2H3. The molecule has 1 aromatic rings. The molecule has 102 valence electrons. The van der Waals surface area contributed by atoms with Crippen LogP contribution in [0.2, 0.25) is 0 Å². The van der Waals surface area contributed by atoms with Gasteiger partial charge in [0.05, 0.1) is 6.10 Å². The number of rotatable bonds is 4. The van der Waals surface area contributed by atoms with Gasteiger partial charge in [0, 0.05) is 32.7 Å². The quantitative estimate of drug-likeness (QED) is 0.882. The van der Waals surface area contributed by atoms with Crippen molar-refractivity contribution in [3.8, 4) is 0 Å². The van der Waals surface area contributed by atoms with E-state index in [1.165, 1.54) is 9.35 Å². The van der Waals surface area contributed by atoms with Gasteiger partial charge < -0.3 is 10.4 Å². The van der Waals surface area contributed by atoms with E-state index < -0.39 is 0 Å². The van der Waals surface area contributed by atoms with Crippen LogP contribution in [-0.2, 0) is 5.41 Å². The Morgan fingerprint density at radius 3 is 2.61 bits per heavy atom. The first-order valence-electron chi connectivity index (χ1n) is 6.63. The highest BCUT2D eigenvalue weighted by Gasteiger charge is 2.25. The van der Waals surface area contributed by atoms with Crippen molar-refractivity contribution in [2.45, 2.75) is 57.1 Å². The van der Waals surface area contributed by atoms with Crippen molar-refractivity contribution >= 4 is 27.3 Å². The fraction of sp³-hybridized carbons (Fsp3) is 0.714. The van der Waals surface area contributed by atoms with Crippen LogP contribution in [0.3, 0.4) is 0 Å². The van der Waals surface area contributed by atoms with Crippen LogP contribution in [0.25, 0.3) is 0 Å². The first-order valence-corrected chi connectivity index (χ1v) is 8.30. The minimum atomic E-state index is -0.0655. The van der Waals surface area contributed by atoms with Gasteiger partial charge in [-0.25, -0.2) is 0 Å². The summed E-state index contributed by atoms with van der Waals surface area (Å²) >= 11 is 5.34. The lowest BCUT2D eigenvalue weighted by atomic mass is 9.89. The molecule has 0 atom stereocenters. The molecule has 0 saturated heterocycles. The van der Waals surface area contributed by atoms with E-state index in [1.54, 1.807) is 0 Å². The number of nitrogens with one attached hydrogen (secondary N) is 1. The largest absolute Gasteiger partial charge is 0.393 e. The number of hydrogen-bond donors (Lipinski definition) is 2. The molecule has 1 aliphatic rings. The van der Waals surface area contributed by atoms with Crippen molar-refractivity contribution in [2.75, 3.05) is 6.54 Å². The van der Waals surface area contributed by atoms with Gasteiger partial charge in [-0.05, 0) is 47.7 Å². The lowest BCUT2D eigenvalue weighted by molar-refractivity contribution is 0.115. The van der Waals surface area contributed by atoms with Gasteiger partial charge in [-0.15, -0.1) is 11.3 Å². The molecule has 4 heteroatoms. The lowest BCUT2D eigenvalue weighted by Crippen LogP contribution is -2.41. The van der Waals surface area contributed by atoms with Gasteiger partial charge in [0.1, 0.15) is 0 Å². The molecule has 0 aliphatic heterocycles. The van der Waals surface area contributed by atoms with E-state index in [9.17, 15) is 5.11 Å². The molecule has 0 radical (unpaired) electrons. The molecule has 0 bridgehead atoms. The summed E-state index contributed by atoms with van der Waals surface area (Å²) < 4.78 is 1.18. The number of hydrogen-bond acceptors (Lipinski definition) is 3. The van der Waals surface area contributed by atoms with Crippen LogP contribution in [-0.4, -0.2) is 23.8 Å². The Hall–Kier alpha value is 0.1000. The molecule has 1 aliphatic carbocycles. The Kier molecular flexibility index (Phi) is 4.86. The lowest BCUT2D eigenvalue weighted by Gasteiger charge is -2.31. The highest BCUT2D eigenvalue weighted by Crippen LogP contribution is 2.31. The van der Waals surface area contributed by atoms with E-state index in [1.807, 2.05) is 11.3 Å². The molecule has 1 aromatic heterocycles. The van der Waals surface area contributed by atoms with Gasteiger partial charge in [-0.2, -0.15) is 0 Å². The molecule has 2 N–H and O–H groups in total. The summed E-state index contributed by atoms with van der Waals surface area (Å²) in [6.07, 6.45) is 4.03. The Balaban J connectivity index is 1.85. The molecule has 18 heavy (non-hydrogen) atoms. The molecule has 1 heterocycles. The maximum absolute atomic E-state index is 9.50. The van der Waals surface area contributed by atoms with Crippen molar-refractivity contribution in [2.24, 2.45) is 0 Å². The Bertz CT molecular complexity index is 383. The van der Waals surface area contributed by atoms with Crippen LogP contribution < -0.4 is 5.32 Å². The van der Waals surface area contributed by atoms with Crippen molar-refractivity contribution in [3.05, 3.63) is 20.8 Å². The summed E-state index contributed by atoms with van der Waals surface area (Å²) in [5.41, 5.74) is 0.173. The smallest absolute Gasteiger partial charge is 0.0541 e. The first kappa shape index (κ1) is 14.5. The second-order valence-electron chi connectivity index (χ2n) is 5.90. The van der Waals surface area contributed by atoms with Crippen LogP contribution in [0.4, 0.5) is 0 Å². The predicted molar refractivity (Wildman–Crippen MR) is 81.3 cm³/mol. The third kappa shape index (κ3) is 3.80. The minimum Gasteiger partial charge on any atom is -0.393 e. The summed E-state index contributed by atoms with van der Waals surface area (Å²) in [4.78, 5) is 1.41. The van der Waals surface area contributed by atoms with Crippen LogP contribution in [0.5, 0.6) is 0 Å². The van der Waals surface area contributed by atoms with Gasteiger partial charge in [0.25, 0.3) is 0 Å². The molecule has 1 fully saturated rings. The fourth-order valence-electron chi connectivity index (χ4n) is 2.43. The minimum absolute atomic E-state index is 0.0655. The molecule has 0 spiro atoms. The van der Waals surface area contributed by atoms with E-state index in [0.29, 0.717) is 6.04 Å². The fourth-order valence-corrected chi connectivity index (χ4v) is 3.99. The second kappa shape index (κ2) is 6.04. The van der Waals surface area contributed by atoms with E-state index >= 15 is 0 Å². The zero-order valence-corrected chi connectivity index (χ0v) is 13.5. The monoisotopic (exact) mass is 331 g/mol. The number of aliphatic hydroxyl groups excluding tert-OH is 1.